The summed E-state index contributed by atoms with van der Waals surface area (Å²) in [6.07, 6.45) is -0.965. The lowest BCUT2D eigenvalue weighted by Crippen LogP contribution is -2.78. The van der Waals surface area contributed by atoms with E-state index in [1.54, 1.807) is 11.8 Å². The van der Waals surface area contributed by atoms with E-state index in [-0.39, 0.29) is 17.9 Å². The van der Waals surface area contributed by atoms with Gasteiger partial charge in [0.05, 0.1) is 6.54 Å². The largest absolute Gasteiger partial charge is 0.443 e. The van der Waals surface area contributed by atoms with Crippen molar-refractivity contribution < 1.29 is 19.1 Å². The number of rotatable bonds is 2. The van der Waals surface area contributed by atoms with Crippen LogP contribution in [0.4, 0.5) is 0 Å². The van der Waals surface area contributed by atoms with Gasteiger partial charge in [0, 0.05) is 19.5 Å². The van der Waals surface area contributed by atoms with Gasteiger partial charge in [-0.3, -0.25) is 14.9 Å². The third kappa shape index (κ3) is 2.10. The number of amides is 1. The van der Waals surface area contributed by atoms with Crippen LogP contribution in [0.1, 0.15) is 27.7 Å². The third-order valence-electron chi connectivity index (χ3n) is 3.45. The normalized spacial score (nSPS) is 35.8. The van der Waals surface area contributed by atoms with Crippen molar-refractivity contribution >= 4 is 11.9 Å². The number of ether oxygens (including phenoxy) is 2. The molecule has 2 fully saturated rings. The maximum atomic E-state index is 12.0. The zero-order valence-corrected chi connectivity index (χ0v) is 11.2. The predicted octanol–water partition coefficient (Wildman–Crippen LogP) is -0.127. The van der Waals surface area contributed by atoms with Gasteiger partial charge in [-0.1, -0.05) is 0 Å². The highest BCUT2D eigenvalue weighted by molar-refractivity contribution is 5.81. The van der Waals surface area contributed by atoms with Gasteiger partial charge in [0.25, 0.3) is 5.91 Å². The first-order valence-electron chi connectivity index (χ1n) is 6.24. The fourth-order valence-electron chi connectivity index (χ4n) is 2.45. The number of nitrogens with one attached hydrogen (secondary N) is 1. The fourth-order valence-corrected chi connectivity index (χ4v) is 2.45. The number of esters is 1. The van der Waals surface area contributed by atoms with E-state index in [1.165, 1.54) is 6.92 Å². The Kier molecular flexibility index (Phi) is 3.33. The summed E-state index contributed by atoms with van der Waals surface area (Å²) >= 11 is 0. The molecule has 2 saturated heterocycles. The molecule has 0 radical (unpaired) electrons. The van der Waals surface area contributed by atoms with Crippen LogP contribution in [0.5, 0.6) is 0 Å². The zero-order chi connectivity index (χ0) is 13.5. The summed E-state index contributed by atoms with van der Waals surface area (Å²) < 4.78 is 11.0. The summed E-state index contributed by atoms with van der Waals surface area (Å²) in [7, 11) is 0. The van der Waals surface area contributed by atoms with Crippen LogP contribution in [0.15, 0.2) is 0 Å². The standard InChI is InChI=1S/C12H20N2O4/c1-7(2)14-6-12(18-8(3)10(14)16)5-13-11(12)17-9(4)15/h7-8,11,13H,5-6H2,1-4H3/t8-,11?,12?/m1/s1. The van der Waals surface area contributed by atoms with Gasteiger partial charge in [-0.25, -0.2) is 0 Å². The van der Waals surface area contributed by atoms with Crippen molar-refractivity contribution in [1.82, 2.24) is 10.2 Å². The molecule has 18 heavy (non-hydrogen) atoms. The minimum atomic E-state index is -0.594. The monoisotopic (exact) mass is 256 g/mol. The van der Waals surface area contributed by atoms with E-state index in [9.17, 15) is 9.59 Å². The van der Waals surface area contributed by atoms with Gasteiger partial charge in [-0.05, 0) is 20.8 Å². The first-order valence-corrected chi connectivity index (χ1v) is 6.24. The maximum absolute atomic E-state index is 12.0. The van der Waals surface area contributed by atoms with Crippen LogP contribution in [-0.2, 0) is 19.1 Å². The Bertz CT molecular complexity index is 371. The van der Waals surface area contributed by atoms with E-state index < -0.39 is 17.9 Å². The van der Waals surface area contributed by atoms with E-state index in [0.29, 0.717) is 13.1 Å². The van der Waals surface area contributed by atoms with E-state index in [1.807, 2.05) is 13.8 Å². The number of morpholine rings is 1. The van der Waals surface area contributed by atoms with Gasteiger partial charge in [0.15, 0.2) is 6.23 Å². The van der Waals surface area contributed by atoms with Crippen molar-refractivity contribution in [3.63, 3.8) is 0 Å². The average Bonchev–Trinajstić information content (AvgIpc) is 2.27. The van der Waals surface area contributed by atoms with Gasteiger partial charge >= 0.3 is 5.97 Å². The summed E-state index contributed by atoms with van der Waals surface area (Å²) in [5, 5.41) is 3.03. The van der Waals surface area contributed by atoms with Crippen LogP contribution in [0.2, 0.25) is 0 Å². The molecule has 3 atom stereocenters. The number of hydrogen-bond acceptors (Lipinski definition) is 5. The quantitative estimate of drug-likeness (QED) is 0.697. The smallest absolute Gasteiger partial charge is 0.304 e. The molecule has 6 heteroatoms. The predicted molar refractivity (Wildman–Crippen MR) is 63.7 cm³/mol. The van der Waals surface area contributed by atoms with Gasteiger partial charge in [0.2, 0.25) is 0 Å². The average molecular weight is 256 g/mol. The second-order valence-electron chi connectivity index (χ2n) is 5.26. The molecule has 0 aromatic heterocycles. The molecule has 0 aromatic carbocycles. The second-order valence-corrected chi connectivity index (χ2v) is 5.26. The summed E-state index contributed by atoms with van der Waals surface area (Å²) in [6, 6.07) is 0.110. The summed E-state index contributed by atoms with van der Waals surface area (Å²) in [6.45, 7) is 8.09. The molecule has 1 N–H and O–H groups in total. The second kappa shape index (κ2) is 4.51. The lowest BCUT2D eigenvalue weighted by Gasteiger charge is -2.54. The third-order valence-corrected chi connectivity index (χ3v) is 3.45. The molecule has 2 rings (SSSR count). The molecule has 0 aromatic rings. The van der Waals surface area contributed by atoms with Gasteiger partial charge in [-0.15, -0.1) is 0 Å². The Labute approximate surface area is 107 Å². The Hall–Kier alpha value is -1.14. The summed E-state index contributed by atoms with van der Waals surface area (Å²) in [5.41, 5.74) is -0.594. The van der Waals surface area contributed by atoms with Crippen molar-refractivity contribution in [2.24, 2.45) is 0 Å². The van der Waals surface area contributed by atoms with Crippen LogP contribution in [0.25, 0.3) is 0 Å². The summed E-state index contributed by atoms with van der Waals surface area (Å²) in [5.74, 6) is -0.361. The van der Waals surface area contributed by atoms with Crippen LogP contribution in [0, 0.1) is 0 Å². The Morgan fingerprint density at radius 1 is 1.61 bits per heavy atom. The van der Waals surface area contributed by atoms with Gasteiger partial charge in [-0.2, -0.15) is 0 Å². The minimum absolute atomic E-state index is 0.0101. The molecule has 0 saturated carbocycles. The fraction of sp³-hybridized carbons (Fsp3) is 0.833. The first-order chi connectivity index (χ1) is 8.35. The molecule has 2 aliphatic heterocycles. The molecule has 6 nitrogen and oxygen atoms in total. The topological polar surface area (TPSA) is 67.9 Å². The Morgan fingerprint density at radius 2 is 2.28 bits per heavy atom. The van der Waals surface area contributed by atoms with Crippen LogP contribution < -0.4 is 5.32 Å². The van der Waals surface area contributed by atoms with Gasteiger partial charge < -0.3 is 14.4 Å². The first kappa shape index (κ1) is 13.3. The Balaban J connectivity index is 2.14. The number of hydrogen-bond donors (Lipinski definition) is 1. The molecule has 2 heterocycles. The van der Waals surface area contributed by atoms with Crippen LogP contribution >= 0.6 is 0 Å². The molecule has 1 amide bonds. The molecular formula is C12H20N2O4. The molecule has 0 aliphatic carbocycles. The SMILES string of the molecule is CC(=O)OC1NCC12CN(C(C)C)C(=O)[C@@H](C)O2. The molecule has 1 spiro atoms. The van der Waals surface area contributed by atoms with Crippen LogP contribution in [-0.4, -0.2) is 53.8 Å². The molecule has 0 bridgehead atoms. The van der Waals surface area contributed by atoms with E-state index in [4.69, 9.17) is 9.47 Å². The van der Waals surface area contributed by atoms with Crippen molar-refractivity contribution in [1.29, 1.82) is 0 Å². The van der Waals surface area contributed by atoms with Crippen molar-refractivity contribution in [2.45, 2.75) is 51.7 Å². The lowest BCUT2D eigenvalue weighted by molar-refractivity contribution is -0.248. The molecule has 2 aliphatic rings. The highest BCUT2D eigenvalue weighted by Crippen LogP contribution is 2.33. The number of nitrogens with zero attached hydrogens (tertiary/aromatic N) is 1. The molecule has 2 unspecified atom stereocenters. The lowest BCUT2D eigenvalue weighted by atomic mass is 9.90. The molecular weight excluding hydrogens is 236 g/mol. The molecule has 102 valence electrons. The van der Waals surface area contributed by atoms with E-state index >= 15 is 0 Å². The number of carbonyl (C=O) groups excluding carboxylic acids is 2. The Morgan fingerprint density at radius 3 is 2.72 bits per heavy atom. The number of carbonyl (C=O) groups is 2. The van der Waals surface area contributed by atoms with Crippen molar-refractivity contribution in [3.8, 4) is 0 Å². The maximum Gasteiger partial charge on any atom is 0.304 e. The van der Waals surface area contributed by atoms with Crippen molar-refractivity contribution in [3.05, 3.63) is 0 Å². The highest BCUT2D eigenvalue weighted by Gasteiger charge is 2.56. The minimum Gasteiger partial charge on any atom is -0.443 e. The van der Waals surface area contributed by atoms with Crippen LogP contribution in [0.3, 0.4) is 0 Å². The highest BCUT2D eigenvalue weighted by atomic mass is 16.6. The summed E-state index contributed by atoms with van der Waals surface area (Å²) in [4.78, 5) is 24.8. The van der Waals surface area contributed by atoms with Gasteiger partial charge in [0.1, 0.15) is 11.7 Å². The van der Waals surface area contributed by atoms with E-state index in [2.05, 4.69) is 5.32 Å². The van der Waals surface area contributed by atoms with E-state index in [0.717, 1.165) is 0 Å². The van der Waals surface area contributed by atoms with Crippen molar-refractivity contribution in [2.75, 3.05) is 13.1 Å². The zero-order valence-electron chi connectivity index (χ0n) is 11.2.